The second-order valence-corrected chi connectivity index (χ2v) is 5.93. The van der Waals surface area contributed by atoms with Gasteiger partial charge in [-0.2, -0.15) is 5.10 Å². The van der Waals surface area contributed by atoms with Crippen molar-refractivity contribution in [3.8, 4) is 0 Å². The Morgan fingerprint density at radius 3 is 2.95 bits per heavy atom. The van der Waals surface area contributed by atoms with Crippen LogP contribution in [-0.4, -0.2) is 22.0 Å². The summed E-state index contributed by atoms with van der Waals surface area (Å²) in [7, 11) is 0. The standard InChI is InChI=1S/C15H28N4O/c1-4-19-11-13(10-17-19)14(18-16)15(20-5-2)8-6-7-12(3)9-15/h10-12,14,18H,4-9,16H2,1-3H3. The Hall–Kier alpha value is -0.910. The smallest absolute Gasteiger partial charge is 0.0892 e. The molecular formula is C15H28N4O. The van der Waals surface area contributed by atoms with Crippen molar-refractivity contribution in [2.24, 2.45) is 11.8 Å². The van der Waals surface area contributed by atoms with E-state index in [1.165, 1.54) is 12.8 Å². The number of hydrogen-bond acceptors (Lipinski definition) is 4. The maximum absolute atomic E-state index is 6.21. The maximum Gasteiger partial charge on any atom is 0.0892 e. The number of rotatable bonds is 6. The number of nitrogens with zero attached hydrogens (tertiary/aromatic N) is 2. The molecule has 3 unspecified atom stereocenters. The number of hydrazine groups is 1. The topological polar surface area (TPSA) is 65.1 Å². The van der Waals surface area contributed by atoms with Crippen LogP contribution in [0.4, 0.5) is 0 Å². The van der Waals surface area contributed by atoms with Crippen molar-refractivity contribution in [3.63, 3.8) is 0 Å². The Labute approximate surface area is 121 Å². The van der Waals surface area contributed by atoms with Gasteiger partial charge >= 0.3 is 0 Å². The molecule has 0 spiro atoms. The molecule has 1 aromatic rings. The van der Waals surface area contributed by atoms with Crippen molar-refractivity contribution >= 4 is 0 Å². The summed E-state index contributed by atoms with van der Waals surface area (Å²) in [5.74, 6) is 6.55. The molecule has 3 atom stereocenters. The van der Waals surface area contributed by atoms with Gasteiger partial charge in [0, 0.05) is 24.9 Å². The molecule has 0 radical (unpaired) electrons. The van der Waals surface area contributed by atoms with E-state index in [9.17, 15) is 0 Å². The van der Waals surface area contributed by atoms with Crippen LogP contribution in [0.15, 0.2) is 12.4 Å². The number of aromatic nitrogens is 2. The second kappa shape index (κ2) is 6.70. The highest BCUT2D eigenvalue weighted by molar-refractivity contribution is 5.17. The van der Waals surface area contributed by atoms with Crippen LogP contribution in [0.1, 0.15) is 58.1 Å². The van der Waals surface area contributed by atoms with Gasteiger partial charge in [-0.1, -0.05) is 19.8 Å². The van der Waals surface area contributed by atoms with E-state index in [4.69, 9.17) is 10.6 Å². The Kier molecular flexibility index (Phi) is 5.18. The van der Waals surface area contributed by atoms with Crippen LogP contribution >= 0.6 is 0 Å². The first kappa shape index (κ1) is 15.5. The summed E-state index contributed by atoms with van der Waals surface area (Å²) in [6, 6.07) is 0.00509. The van der Waals surface area contributed by atoms with Crippen molar-refractivity contribution in [1.82, 2.24) is 15.2 Å². The summed E-state index contributed by atoms with van der Waals surface area (Å²) < 4.78 is 8.15. The Morgan fingerprint density at radius 1 is 1.60 bits per heavy atom. The largest absolute Gasteiger partial charge is 0.373 e. The van der Waals surface area contributed by atoms with Gasteiger partial charge in [0.2, 0.25) is 0 Å². The highest BCUT2D eigenvalue weighted by Crippen LogP contribution is 2.43. The second-order valence-electron chi connectivity index (χ2n) is 5.93. The van der Waals surface area contributed by atoms with Gasteiger partial charge in [0.05, 0.1) is 17.8 Å². The van der Waals surface area contributed by atoms with Crippen LogP contribution in [0.2, 0.25) is 0 Å². The Balaban J connectivity index is 2.28. The summed E-state index contributed by atoms with van der Waals surface area (Å²) in [4.78, 5) is 0. The summed E-state index contributed by atoms with van der Waals surface area (Å²) in [6.45, 7) is 8.03. The fraction of sp³-hybridized carbons (Fsp3) is 0.800. The highest BCUT2D eigenvalue weighted by Gasteiger charge is 2.43. The van der Waals surface area contributed by atoms with E-state index >= 15 is 0 Å². The van der Waals surface area contributed by atoms with E-state index in [0.717, 1.165) is 24.9 Å². The fourth-order valence-corrected chi connectivity index (χ4v) is 3.56. The van der Waals surface area contributed by atoms with Gasteiger partial charge in [-0.25, -0.2) is 5.43 Å². The van der Waals surface area contributed by atoms with Gasteiger partial charge in [-0.3, -0.25) is 10.5 Å². The summed E-state index contributed by atoms with van der Waals surface area (Å²) >= 11 is 0. The van der Waals surface area contributed by atoms with Gasteiger partial charge in [0.25, 0.3) is 0 Å². The van der Waals surface area contributed by atoms with Crippen molar-refractivity contribution in [2.45, 2.75) is 64.6 Å². The molecule has 114 valence electrons. The van der Waals surface area contributed by atoms with E-state index in [2.05, 4.69) is 37.5 Å². The molecule has 1 saturated carbocycles. The third-order valence-corrected chi connectivity index (χ3v) is 4.43. The molecular weight excluding hydrogens is 252 g/mol. The number of nitrogens with one attached hydrogen (secondary N) is 1. The molecule has 20 heavy (non-hydrogen) atoms. The van der Waals surface area contributed by atoms with Crippen molar-refractivity contribution in [1.29, 1.82) is 0 Å². The highest BCUT2D eigenvalue weighted by atomic mass is 16.5. The normalized spacial score (nSPS) is 28.5. The SMILES string of the molecule is CCOC1(C(NN)c2cnn(CC)c2)CCCC(C)C1. The predicted octanol–water partition coefficient (Wildman–Crippen LogP) is 2.39. The van der Waals surface area contributed by atoms with Crippen LogP contribution in [0.3, 0.4) is 0 Å². The van der Waals surface area contributed by atoms with Gasteiger partial charge in [-0.05, 0) is 32.6 Å². The van der Waals surface area contributed by atoms with E-state index < -0.39 is 0 Å². The predicted molar refractivity (Wildman–Crippen MR) is 80.0 cm³/mol. The van der Waals surface area contributed by atoms with Crippen LogP contribution in [0.25, 0.3) is 0 Å². The summed E-state index contributed by atoms with van der Waals surface area (Å²) in [5, 5.41) is 4.37. The molecule has 1 aliphatic rings. The molecule has 0 aromatic carbocycles. The first-order chi connectivity index (χ1) is 9.65. The third kappa shape index (κ3) is 3.05. The Bertz CT molecular complexity index is 416. The van der Waals surface area contributed by atoms with Crippen LogP contribution in [0, 0.1) is 5.92 Å². The molecule has 1 aliphatic carbocycles. The summed E-state index contributed by atoms with van der Waals surface area (Å²) in [5.41, 5.74) is 3.91. The summed E-state index contributed by atoms with van der Waals surface area (Å²) in [6.07, 6.45) is 8.56. The first-order valence-corrected chi connectivity index (χ1v) is 7.77. The first-order valence-electron chi connectivity index (χ1n) is 7.77. The molecule has 5 nitrogen and oxygen atoms in total. The number of aryl methyl sites for hydroxylation is 1. The monoisotopic (exact) mass is 280 g/mol. The quantitative estimate of drug-likeness (QED) is 0.620. The fourth-order valence-electron chi connectivity index (χ4n) is 3.56. The molecule has 3 N–H and O–H groups in total. The van der Waals surface area contributed by atoms with E-state index in [-0.39, 0.29) is 11.6 Å². The molecule has 0 aliphatic heterocycles. The van der Waals surface area contributed by atoms with Crippen LogP contribution in [-0.2, 0) is 11.3 Å². The molecule has 1 fully saturated rings. The van der Waals surface area contributed by atoms with Crippen molar-refractivity contribution in [3.05, 3.63) is 18.0 Å². The molecule has 0 saturated heterocycles. The molecule has 2 rings (SSSR count). The van der Waals surface area contributed by atoms with Gasteiger partial charge in [0.1, 0.15) is 0 Å². The van der Waals surface area contributed by atoms with E-state index in [0.29, 0.717) is 12.5 Å². The lowest BCUT2D eigenvalue weighted by molar-refractivity contribution is -0.102. The number of ether oxygens (including phenoxy) is 1. The zero-order valence-corrected chi connectivity index (χ0v) is 12.9. The Morgan fingerprint density at radius 2 is 2.40 bits per heavy atom. The van der Waals surface area contributed by atoms with Crippen molar-refractivity contribution < 1.29 is 4.74 Å². The van der Waals surface area contributed by atoms with Crippen molar-refractivity contribution in [2.75, 3.05) is 6.61 Å². The minimum absolute atomic E-state index is 0.00509. The van der Waals surface area contributed by atoms with E-state index in [1.54, 1.807) is 0 Å². The average molecular weight is 280 g/mol. The zero-order valence-electron chi connectivity index (χ0n) is 12.9. The molecule has 0 amide bonds. The molecule has 0 bridgehead atoms. The third-order valence-electron chi connectivity index (χ3n) is 4.43. The lowest BCUT2D eigenvalue weighted by atomic mass is 9.73. The molecule has 1 aromatic heterocycles. The van der Waals surface area contributed by atoms with Gasteiger partial charge in [-0.15, -0.1) is 0 Å². The molecule has 1 heterocycles. The van der Waals surface area contributed by atoms with Gasteiger partial charge < -0.3 is 4.74 Å². The van der Waals surface area contributed by atoms with E-state index in [1.807, 2.05) is 10.9 Å². The van der Waals surface area contributed by atoms with Crippen LogP contribution in [0.5, 0.6) is 0 Å². The molecule has 5 heteroatoms. The maximum atomic E-state index is 6.21. The minimum Gasteiger partial charge on any atom is -0.373 e. The lowest BCUT2D eigenvalue weighted by Gasteiger charge is -2.44. The van der Waals surface area contributed by atoms with Gasteiger partial charge in [0.15, 0.2) is 0 Å². The lowest BCUT2D eigenvalue weighted by Crippen LogP contribution is -2.51. The zero-order chi connectivity index (χ0) is 14.6. The number of nitrogens with two attached hydrogens (primary N) is 1. The average Bonchev–Trinajstić information content (AvgIpc) is 2.88. The number of hydrogen-bond donors (Lipinski definition) is 2. The van der Waals surface area contributed by atoms with Crippen LogP contribution < -0.4 is 11.3 Å². The minimum atomic E-state index is -0.206.